The van der Waals surface area contributed by atoms with E-state index in [4.69, 9.17) is 21.4 Å². The molecule has 30 heavy (non-hydrogen) atoms. The van der Waals surface area contributed by atoms with Crippen LogP contribution in [0.2, 0.25) is 5.15 Å². The summed E-state index contributed by atoms with van der Waals surface area (Å²) in [6.45, 7) is 0.665. The molecule has 1 aromatic carbocycles. The van der Waals surface area contributed by atoms with Crippen LogP contribution in [0, 0.1) is 11.6 Å². The van der Waals surface area contributed by atoms with Crippen molar-refractivity contribution in [3.8, 4) is 16.9 Å². The van der Waals surface area contributed by atoms with Crippen LogP contribution in [0.5, 0.6) is 5.75 Å². The van der Waals surface area contributed by atoms with Gasteiger partial charge in [-0.25, -0.2) is 8.78 Å². The summed E-state index contributed by atoms with van der Waals surface area (Å²) in [6, 6.07) is -0.391. The molecule has 0 unspecified atom stereocenters. The lowest BCUT2D eigenvalue weighted by molar-refractivity contribution is -0.138. The highest BCUT2D eigenvalue weighted by molar-refractivity contribution is 6.33. The summed E-state index contributed by atoms with van der Waals surface area (Å²) in [7, 11) is 0. The number of benzene rings is 1. The minimum atomic E-state index is -4.67. The number of nitrogens with one attached hydrogen (secondary N) is 1. The van der Waals surface area contributed by atoms with Gasteiger partial charge in [0.2, 0.25) is 0 Å². The predicted octanol–water partition coefficient (Wildman–Crippen LogP) is 3.85. The second-order valence-corrected chi connectivity index (χ2v) is 6.55. The normalized spacial score (nSPS) is 12.9. The maximum Gasteiger partial charge on any atom is 0.408 e. The fourth-order valence-corrected chi connectivity index (χ4v) is 2.84. The van der Waals surface area contributed by atoms with E-state index in [0.717, 1.165) is 29.9 Å². The molecule has 0 fully saturated rings. The molecule has 0 saturated carbocycles. The van der Waals surface area contributed by atoms with Gasteiger partial charge in [0.25, 0.3) is 5.78 Å². The third-order valence-electron chi connectivity index (χ3n) is 4.06. The van der Waals surface area contributed by atoms with Crippen LogP contribution < -0.4 is 10.1 Å². The maximum atomic E-state index is 14.8. The number of ether oxygens (including phenoxy) is 1. The van der Waals surface area contributed by atoms with E-state index in [-0.39, 0.29) is 31.2 Å². The molecule has 0 aliphatic rings. The Labute approximate surface area is 171 Å². The Hall–Kier alpha value is -2.73. The summed E-state index contributed by atoms with van der Waals surface area (Å²) >= 11 is 6.08. The average Bonchev–Trinajstić information content (AvgIpc) is 3.10. The number of aliphatic hydroxyl groups excluding tert-OH is 1. The van der Waals surface area contributed by atoms with Crippen LogP contribution in [0.25, 0.3) is 16.9 Å². The lowest BCUT2D eigenvalue weighted by Crippen LogP contribution is -2.34. The van der Waals surface area contributed by atoms with Gasteiger partial charge in [-0.05, 0) is 6.92 Å². The highest BCUT2D eigenvalue weighted by Crippen LogP contribution is 2.39. The highest BCUT2D eigenvalue weighted by atomic mass is 35.5. The average molecular weight is 452 g/mol. The number of anilines is 1. The number of hydrogen-bond acceptors (Lipinski definition) is 6. The van der Waals surface area contributed by atoms with Crippen molar-refractivity contribution < 1.29 is 31.8 Å². The Kier molecular flexibility index (Phi) is 6.27. The van der Waals surface area contributed by atoms with E-state index < -0.39 is 46.0 Å². The molecule has 1 atom stereocenters. The number of alkyl halides is 3. The van der Waals surface area contributed by atoms with Gasteiger partial charge in [-0.1, -0.05) is 11.6 Å². The van der Waals surface area contributed by atoms with Crippen molar-refractivity contribution in [2.45, 2.75) is 25.6 Å². The molecule has 2 heterocycles. The van der Waals surface area contributed by atoms with Gasteiger partial charge in [-0.2, -0.15) is 32.8 Å². The van der Waals surface area contributed by atoms with Gasteiger partial charge >= 0.3 is 6.18 Å². The van der Waals surface area contributed by atoms with Crippen molar-refractivity contribution in [3.63, 3.8) is 0 Å². The largest absolute Gasteiger partial charge is 0.493 e. The summed E-state index contributed by atoms with van der Waals surface area (Å²) in [6.07, 6.45) is -3.41. The van der Waals surface area contributed by atoms with Gasteiger partial charge in [0, 0.05) is 25.2 Å². The molecule has 13 heteroatoms. The van der Waals surface area contributed by atoms with Crippen molar-refractivity contribution in [1.82, 2.24) is 19.6 Å². The molecule has 0 aliphatic carbocycles. The molecular formula is C17H15ClF5N5O2. The van der Waals surface area contributed by atoms with E-state index in [1.807, 2.05) is 0 Å². The number of fused-ring (bicyclic) bond motifs is 1. The number of halogens is 6. The summed E-state index contributed by atoms with van der Waals surface area (Å²) in [4.78, 5) is 7.60. The van der Waals surface area contributed by atoms with Crippen LogP contribution in [0.15, 0.2) is 18.5 Å². The molecule has 0 saturated heterocycles. The second-order valence-electron chi connectivity index (χ2n) is 6.19. The van der Waals surface area contributed by atoms with E-state index in [1.165, 1.54) is 0 Å². The molecule has 2 N–H and O–H groups in total. The number of nitrogens with zero attached hydrogens (tertiary/aromatic N) is 4. The van der Waals surface area contributed by atoms with Crippen LogP contribution in [-0.2, 0) is 0 Å². The van der Waals surface area contributed by atoms with E-state index in [9.17, 15) is 22.0 Å². The lowest BCUT2D eigenvalue weighted by atomic mass is 10.1. The number of aromatic nitrogens is 4. The third-order valence-corrected chi connectivity index (χ3v) is 4.34. The highest BCUT2D eigenvalue weighted by Gasteiger charge is 2.37. The zero-order valence-electron chi connectivity index (χ0n) is 15.3. The predicted molar refractivity (Wildman–Crippen MR) is 97.5 cm³/mol. The molecule has 0 aliphatic heterocycles. The summed E-state index contributed by atoms with van der Waals surface area (Å²) in [5.74, 6) is -3.03. The quantitative estimate of drug-likeness (QED) is 0.322. The minimum Gasteiger partial charge on any atom is -0.493 e. The molecule has 7 nitrogen and oxygen atoms in total. The molecule has 2 aromatic heterocycles. The van der Waals surface area contributed by atoms with Crippen LogP contribution >= 0.6 is 11.6 Å². The van der Waals surface area contributed by atoms with Gasteiger partial charge in [0.15, 0.2) is 0 Å². The third kappa shape index (κ3) is 4.38. The first kappa shape index (κ1) is 22.0. The topological polar surface area (TPSA) is 84.6 Å². The van der Waals surface area contributed by atoms with Crippen LogP contribution in [0.3, 0.4) is 0 Å². The first-order valence-electron chi connectivity index (χ1n) is 8.59. The zero-order chi connectivity index (χ0) is 22.1. The Morgan fingerprint density at radius 2 is 1.90 bits per heavy atom. The van der Waals surface area contributed by atoms with Gasteiger partial charge in [0.1, 0.15) is 40.7 Å². The van der Waals surface area contributed by atoms with Crippen LogP contribution in [0.1, 0.15) is 13.3 Å². The minimum absolute atomic E-state index is 0.0118. The molecule has 162 valence electrons. The van der Waals surface area contributed by atoms with Gasteiger partial charge < -0.3 is 15.2 Å². The van der Waals surface area contributed by atoms with E-state index in [2.05, 4.69) is 20.4 Å². The monoisotopic (exact) mass is 451 g/mol. The smallest absolute Gasteiger partial charge is 0.408 e. The van der Waals surface area contributed by atoms with Crippen molar-refractivity contribution in [1.29, 1.82) is 0 Å². The molecule has 3 rings (SSSR count). The number of aliphatic hydroxyl groups is 1. The fraction of sp³-hybridized carbons (Fsp3) is 0.353. The van der Waals surface area contributed by atoms with Gasteiger partial charge in [0.05, 0.1) is 17.7 Å². The van der Waals surface area contributed by atoms with Crippen molar-refractivity contribution in [2.24, 2.45) is 0 Å². The molecular weight excluding hydrogens is 437 g/mol. The molecule has 0 amide bonds. The Morgan fingerprint density at radius 1 is 1.23 bits per heavy atom. The van der Waals surface area contributed by atoms with E-state index >= 15 is 0 Å². The second kappa shape index (κ2) is 8.56. The Morgan fingerprint density at radius 3 is 2.50 bits per heavy atom. The van der Waals surface area contributed by atoms with Crippen LogP contribution in [0.4, 0.5) is 27.8 Å². The Balaban J connectivity index is 2.16. The van der Waals surface area contributed by atoms with Crippen molar-refractivity contribution >= 4 is 23.2 Å². The summed E-state index contributed by atoms with van der Waals surface area (Å²) in [5.41, 5.74) is -1.17. The van der Waals surface area contributed by atoms with Gasteiger partial charge in [-0.3, -0.25) is 0 Å². The molecule has 0 spiro atoms. The van der Waals surface area contributed by atoms with Crippen LogP contribution in [-0.4, -0.2) is 50.1 Å². The number of rotatable bonds is 7. The summed E-state index contributed by atoms with van der Waals surface area (Å²) in [5, 5.41) is 14.2. The standard InChI is InChI=1S/C17H15ClF5N5O2/c1-8(17(21,22)23)26-15-13(14(18)27-16-24-7-25-28(15)16)12-10(19)5-9(6-11(12)20)30-4-2-3-29/h5-8,26,29H,2-4H2,1H3/t8-/m0/s1. The maximum absolute atomic E-state index is 14.8. The van der Waals surface area contributed by atoms with Gasteiger partial charge in [-0.15, -0.1) is 0 Å². The van der Waals surface area contributed by atoms with E-state index in [0.29, 0.717) is 0 Å². The first-order valence-corrected chi connectivity index (χ1v) is 8.96. The molecule has 0 bridgehead atoms. The van der Waals surface area contributed by atoms with E-state index in [1.54, 1.807) is 0 Å². The Bertz CT molecular complexity index is 1040. The lowest BCUT2D eigenvalue weighted by Gasteiger charge is -2.21. The fourth-order valence-electron chi connectivity index (χ4n) is 2.59. The SMILES string of the molecule is C[C@H](Nc1c(-c2c(F)cc(OCCCO)cc2F)c(Cl)nc2ncnn12)C(F)(F)F. The number of hydrogen-bond donors (Lipinski definition) is 2. The molecule has 3 aromatic rings. The first-order chi connectivity index (χ1) is 14.1. The van der Waals surface area contributed by atoms with Crippen molar-refractivity contribution in [2.75, 3.05) is 18.5 Å². The summed E-state index contributed by atoms with van der Waals surface area (Å²) < 4.78 is 75.0. The van der Waals surface area contributed by atoms with Crippen molar-refractivity contribution in [3.05, 3.63) is 35.2 Å². The zero-order valence-corrected chi connectivity index (χ0v) is 16.1. The molecule has 0 radical (unpaired) electrons.